The van der Waals surface area contributed by atoms with Crippen molar-refractivity contribution in [3.63, 3.8) is 0 Å². The molecule has 3 aromatic carbocycles. The van der Waals surface area contributed by atoms with Crippen molar-refractivity contribution < 1.29 is 4.79 Å². The summed E-state index contributed by atoms with van der Waals surface area (Å²) in [5.74, 6) is 0.906. The van der Waals surface area contributed by atoms with E-state index in [-0.39, 0.29) is 17.9 Å². The van der Waals surface area contributed by atoms with Crippen LogP contribution in [-0.4, -0.2) is 11.9 Å². The predicted octanol–water partition coefficient (Wildman–Crippen LogP) is 6.24. The molecule has 5 rings (SSSR count). The van der Waals surface area contributed by atoms with Crippen LogP contribution in [-0.2, 0) is 4.79 Å². The Labute approximate surface area is 172 Å². The molecule has 1 amide bonds. The van der Waals surface area contributed by atoms with Gasteiger partial charge in [-0.05, 0) is 59.7 Å². The number of fused-ring (bicyclic) bond motifs is 2. The first-order valence-electron chi connectivity index (χ1n) is 10.9. The highest BCUT2D eigenvalue weighted by Crippen LogP contribution is 2.47. The Hall–Kier alpha value is -2.81. The summed E-state index contributed by atoms with van der Waals surface area (Å²) < 4.78 is 0. The van der Waals surface area contributed by atoms with Crippen molar-refractivity contribution in [3.8, 4) is 0 Å². The summed E-state index contributed by atoms with van der Waals surface area (Å²) in [6.45, 7) is 2.13. The molecule has 3 aromatic rings. The number of rotatable bonds is 3. The van der Waals surface area contributed by atoms with Crippen LogP contribution in [0.4, 0.5) is 11.4 Å². The molecule has 1 fully saturated rings. The van der Waals surface area contributed by atoms with Crippen LogP contribution in [0.5, 0.6) is 0 Å². The van der Waals surface area contributed by atoms with E-state index in [0.29, 0.717) is 5.92 Å². The highest BCUT2D eigenvalue weighted by molar-refractivity contribution is 6.00. The van der Waals surface area contributed by atoms with E-state index in [2.05, 4.69) is 60.0 Å². The van der Waals surface area contributed by atoms with E-state index in [1.807, 2.05) is 18.2 Å². The molecule has 0 radical (unpaired) electrons. The summed E-state index contributed by atoms with van der Waals surface area (Å²) in [4.78, 5) is 13.4. The highest BCUT2D eigenvalue weighted by atomic mass is 16.2. The molecule has 1 saturated carbocycles. The maximum absolute atomic E-state index is 13.4. The second-order valence-electron chi connectivity index (χ2n) is 8.64. The summed E-state index contributed by atoms with van der Waals surface area (Å²) in [6, 6.07) is 20.7. The first-order valence-corrected chi connectivity index (χ1v) is 10.9. The molecule has 2 unspecified atom stereocenters. The maximum Gasteiger partial charge on any atom is 0.247 e. The van der Waals surface area contributed by atoms with Crippen molar-refractivity contribution in [1.29, 1.82) is 0 Å². The summed E-state index contributed by atoms with van der Waals surface area (Å²) in [5.41, 5.74) is 4.59. The Bertz CT molecular complexity index is 1050. The number of carbonyl (C=O) groups excluding carboxylic acids is 1. The monoisotopic (exact) mass is 384 g/mol. The predicted molar refractivity (Wildman–Crippen MR) is 120 cm³/mol. The van der Waals surface area contributed by atoms with E-state index in [1.165, 1.54) is 54.3 Å². The number of benzene rings is 3. The van der Waals surface area contributed by atoms with E-state index < -0.39 is 0 Å². The SMILES string of the molecule is Cc1cccc2c1NC(C(=O)Nc1ccc3ccccc3c1)C2C1CCCCC1. The molecule has 1 heterocycles. The van der Waals surface area contributed by atoms with Crippen molar-refractivity contribution in [2.45, 2.75) is 51.0 Å². The topological polar surface area (TPSA) is 41.1 Å². The second-order valence-corrected chi connectivity index (χ2v) is 8.64. The van der Waals surface area contributed by atoms with E-state index in [1.54, 1.807) is 0 Å². The third kappa shape index (κ3) is 3.39. The molecule has 1 aliphatic heterocycles. The van der Waals surface area contributed by atoms with Crippen LogP contribution in [0.15, 0.2) is 60.7 Å². The lowest BCUT2D eigenvalue weighted by Gasteiger charge is -2.31. The Morgan fingerprint density at radius 3 is 2.55 bits per heavy atom. The van der Waals surface area contributed by atoms with Gasteiger partial charge in [0.1, 0.15) is 6.04 Å². The summed E-state index contributed by atoms with van der Waals surface area (Å²) in [6.07, 6.45) is 6.33. The fourth-order valence-corrected chi connectivity index (χ4v) is 5.33. The van der Waals surface area contributed by atoms with Crippen LogP contribution in [0.3, 0.4) is 0 Å². The number of para-hydroxylation sites is 1. The van der Waals surface area contributed by atoms with Gasteiger partial charge in [-0.15, -0.1) is 0 Å². The fourth-order valence-electron chi connectivity index (χ4n) is 5.33. The van der Waals surface area contributed by atoms with E-state index in [9.17, 15) is 4.79 Å². The molecule has 2 N–H and O–H groups in total. The zero-order valence-electron chi connectivity index (χ0n) is 16.9. The van der Waals surface area contributed by atoms with Gasteiger partial charge < -0.3 is 10.6 Å². The molecule has 0 aromatic heterocycles. The Morgan fingerprint density at radius 2 is 1.72 bits per heavy atom. The largest absolute Gasteiger partial charge is 0.373 e. The molecule has 0 saturated heterocycles. The number of aryl methyl sites for hydroxylation is 1. The van der Waals surface area contributed by atoms with Crippen molar-refractivity contribution in [2.24, 2.45) is 5.92 Å². The van der Waals surface area contributed by atoms with Crippen molar-refractivity contribution in [3.05, 3.63) is 71.8 Å². The van der Waals surface area contributed by atoms with Gasteiger partial charge in [0.05, 0.1) is 0 Å². The van der Waals surface area contributed by atoms with Crippen LogP contribution >= 0.6 is 0 Å². The van der Waals surface area contributed by atoms with Crippen LogP contribution in [0, 0.1) is 12.8 Å². The molecular formula is C26H28N2O. The van der Waals surface area contributed by atoms with Gasteiger partial charge in [0, 0.05) is 17.3 Å². The Balaban J connectivity index is 1.44. The number of nitrogens with one attached hydrogen (secondary N) is 2. The summed E-state index contributed by atoms with van der Waals surface area (Å²) in [5, 5.41) is 9.13. The number of hydrogen-bond donors (Lipinski definition) is 2. The van der Waals surface area contributed by atoms with E-state index in [0.717, 1.165) is 11.1 Å². The number of hydrogen-bond acceptors (Lipinski definition) is 2. The van der Waals surface area contributed by atoms with Gasteiger partial charge in [-0.3, -0.25) is 4.79 Å². The quantitative estimate of drug-likeness (QED) is 0.561. The minimum absolute atomic E-state index is 0.0754. The lowest BCUT2D eigenvalue weighted by Crippen LogP contribution is -2.38. The molecular weight excluding hydrogens is 356 g/mol. The van der Waals surface area contributed by atoms with E-state index in [4.69, 9.17) is 0 Å². The molecule has 3 heteroatoms. The fraction of sp³-hybridized carbons (Fsp3) is 0.346. The average Bonchev–Trinajstić information content (AvgIpc) is 3.15. The Morgan fingerprint density at radius 1 is 0.931 bits per heavy atom. The first-order chi connectivity index (χ1) is 14.2. The molecule has 1 aliphatic carbocycles. The van der Waals surface area contributed by atoms with Gasteiger partial charge in [0.2, 0.25) is 5.91 Å². The standard InChI is InChI=1S/C26H28N2O/c1-17-8-7-13-22-23(19-10-3-2-4-11-19)25(28-24(17)22)26(29)27-21-15-14-18-9-5-6-12-20(18)16-21/h5-9,12-16,19,23,25,28H,2-4,10-11H2,1H3,(H,27,29). The van der Waals surface area contributed by atoms with Crippen LogP contribution < -0.4 is 10.6 Å². The first kappa shape index (κ1) is 18.2. The second kappa shape index (κ2) is 7.55. The zero-order valence-corrected chi connectivity index (χ0v) is 16.9. The molecule has 29 heavy (non-hydrogen) atoms. The third-order valence-corrected chi connectivity index (χ3v) is 6.78. The van der Waals surface area contributed by atoms with E-state index >= 15 is 0 Å². The number of amides is 1. The summed E-state index contributed by atoms with van der Waals surface area (Å²) in [7, 11) is 0. The Kier molecular flexibility index (Phi) is 4.75. The maximum atomic E-state index is 13.4. The van der Waals surface area contributed by atoms with Crippen molar-refractivity contribution >= 4 is 28.1 Å². The third-order valence-electron chi connectivity index (χ3n) is 6.78. The number of anilines is 2. The minimum Gasteiger partial charge on any atom is -0.373 e. The molecule has 148 valence electrons. The van der Waals surface area contributed by atoms with Gasteiger partial charge >= 0.3 is 0 Å². The van der Waals surface area contributed by atoms with Crippen molar-refractivity contribution in [2.75, 3.05) is 10.6 Å². The number of carbonyl (C=O) groups is 1. The van der Waals surface area contributed by atoms with Crippen LogP contribution in [0.2, 0.25) is 0 Å². The lowest BCUT2D eigenvalue weighted by molar-refractivity contribution is -0.117. The van der Waals surface area contributed by atoms with Gasteiger partial charge in [-0.25, -0.2) is 0 Å². The van der Waals surface area contributed by atoms with Gasteiger partial charge in [-0.2, -0.15) is 0 Å². The molecule has 0 spiro atoms. The zero-order chi connectivity index (χ0) is 19.8. The van der Waals surface area contributed by atoms with Gasteiger partial charge in [-0.1, -0.05) is 67.8 Å². The smallest absolute Gasteiger partial charge is 0.247 e. The molecule has 2 atom stereocenters. The molecule has 3 nitrogen and oxygen atoms in total. The van der Waals surface area contributed by atoms with Gasteiger partial charge in [0.25, 0.3) is 0 Å². The van der Waals surface area contributed by atoms with Gasteiger partial charge in [0.15, 0.2) is 0 Å². The normalized spacial score (nSPS) is 21.6. The van der Waals surface area contributed by atoms with Crippen LogP contribution in [0.1, 0.15) is 49.1 Å². The molecule has 2 aliphatic rings. The minimum atomic E-state index is -0.208. The molecule has 0 bridgehead atoms. The van der Waals surface area contributed by atoms with Crippen molar-refractivity contribution in [1.82, 2.24) is 0 Å². The summed E-state index contributed by atoms with van der Waals surface area (Å²) >= 11 is 0. The lowest BCUT2D eigenvalue weighted by atomic mass is 9.74. The average molecular weight is 385 g/mol. The highest BCUT2D eigenvalue weighted by Gasteiger charge is 2.42. The van der Waals surface area contributed by atoms with Crippen LogP contribution in [0.25, 0.3) is 10.8 Å².